The smallest absolute Gasteiger partial charge is 0.231 e. The van der Waals surface area contributed by atoms with E-state index in [4.69, 9.17) is 14.5 Å². The molecule has 1 aromatic carbocycles. The van der Waals surface area contributed by atoms with Crippen LogP contribution in [0.5, 0.6) is 11.5 Å². The van der Waals surface area contributed by atoms with Gasteiger partial charge in [0.15, 0.2) is 17.5 Å². The molecule has 1 aromatic heterocycles. The minimum absolute atomic E-state index is 0.310. The van der Waals surface area contributed by atoms with Gasteiger partial charge in [0.2, 0.25) is 6.79 Å². The molecule has 0 amide bonds. The second-order valence-corrected chi connectivity index (χ2v) is 6.65. The molecule has 0 radical (unpaired) electrons. The Labute approximate surface area is 160 Å². The molecule has 0 unspecified atom stereocenters. The third-order valence-corrected chi connectivity index (χ3v) is 4.78. The first-order chi connectivity index (χ1) is 13.1. The first-order valence-electron chi connectivity index (χ1n) is 9.48. The van der Waals surface area contributed by atoms with Gasteiger partial charge in [-0.25, -0.2) is 0 Å². The molecule has 2 aromatic rings. The van der Waals surface area contributed by atoms with Gasteiger partial charge in [0.05, 0.1) is 5.69 Å². The van der Waals surface area contributed by atoms with Crippen molar-refractivity contribution in [2.45, 2.75) is 33.6 Å². The average Bonchev–Trinajstić information content (AvgIpc) is 3.20. The van der Waals surface area contributed by atoms with Crippen molar-refractivity contribution in [2.75, 3.05) is 26.4 Å². The van der Waals surface area contributed by atoms with E-state index in [1.807, 2.05) is 23.9 Å². The Morgan fingerprint density at radius 1 is 1.19 bits per heavy atom. The molecule has 1 aliphatic heterocycles. The summed E-state index contributed by atoms with van der Waals surface area (Å²) in [6, 6.07) is 6.09. The van der Waals surface area contributed by atoms with Gasteiger partial charge in [0, 0.05) is 32.4 Å². The summed E-state index contributed by atoms with van der Waals surface area (Å²) >= 11 is 0. The van der Waals surface area contributed by atoms with Crippen LogP contribution in [0.4, 0.5) is 0 Å². The van der Waals surface area contributed by atoms with E-state index in [0.717, 1.165) is 55.6 Å². The molecule has 0 saturated carbocycles. The molecule has 0 bridgehead atoms. The molecule has 0 aliphatic carbocycles. The number of rotatable bonds is 7. The van der Waals surface area contributed by atoms with E-state index in [1.165, 1.54) is 16.8 Å². The summed E-state index contributed by atoms with van der Waals surface area (Å²) in [5, 5.41) is 11.2. The molecule has 0 atom stereocenters. The molecule has 3 rings (SSSR count). The number of aliphatic imine (C=N–C) groups is 1. The summed E-state index contributed by atoms with van der Waals surface area (Å²) in [4.78, 5) is 4.70. The normalized spacial score (nSPS) is 13.1. The Kier molecular flexibility index (Phi) is 6.21. The number of guanidine groups is 1. The quantitative estimate of drug-likeness (QED) is 0.576. The van der Waals surface area contributed by atoms with E-state index in [9.17, 15) is 0 Å². The Hall–Kier alpha value is -2.70. The summed E-state index contributed by atoms with van der Waals surface area (Å²) in [6.45, 7) is 8.91. The number of benzene rings is 1. The van der Waals surface area contributed by atoms with Crippen LogP contribution in [0.1, 0.15) is 29.4 Å². The van der Waals surface area contributed by atoms with Crippen LogP contribution >= 0.6 is 0 Å². The summed E-state index contributed by atoms with van der Waals surface area (Å²) in [7, 11) is 1.98. The molecule has 7 heteroatoms. The van der Waals surface area contributed by atoms with Gasteiger partial charge in [0.25, 0.3) is 0 Å². The lowest BCUT2D eigenvalue weighted by atomic mass is 10.1. The van der Waals surface area contributed by atoms with Gasteiger partial charge >= 0.3 is 0 Å². The van der Waals surface area contributed by atoms with Crippen LogP contribution < -0.4 is 20.1 Å². The molecule has 2 heterocycles. The monoisotopic (exact) mass is 371 g/mol. The Morgan fingerprint density at radius 3 is 2.74 bits per heavy atom. The second kappa shape index (κ2) is 8.79. The fourth-order valence-corrected chi connectivity index (χ4v) is 3.22. The molecule has 7 nitrogen and oxygen atoms in total. The van der Waals surface area contributed by atoms with E-state index in [2.05, 4.69) is 42.6 Å². The van der Waals surface area contributed by atoms with E-state index >= 15 is 0 Å². The van der Waals surface area contributed by atoms with Crippen molar-refractivity contribution in [2.24, 2.45) is 12.0 Å². The maximum absolute atomic E-state index is 5.44. The lowest BCUT2D eigenvalue weighted by molar-refractivity contribution is 0.174. The van der Waals surface area contributed by atoms with Crippen molar-refractivity contribution in [3.63, 3.8) is 0 Å². The van der Waals surface area contributed by atoms with E-state index < -0.39 is 0 Å². The number of ether oxygens (including phenoxy) is 2. The predicted octanol–water partition coefficient (Wildman–Crippen LogP) is 2.11. The Balaban J connectivity index is 1.51. The van der Waals surface area contributed by atoms with Crippen LogP contribution in [0, 0.1) is 13.8 Å². The zero-order valence-corrected chi connectivity index (χ0v) is 16.6. The minimum atomic E-state index is 0.310. The van der Waals surface area contributed by atoms with Crippen LogP contribution in [0.15, 0.2) is 23.2 Å². The van der Waals surface area contributed by atoms with Gasteiger partial charge in [-0.1, -0.05) is 6.07 Å². The molecule has 146 valence electrons. The minimum Gasteiger partial charge on any atom is -0.454 e. The molecule has 27 heavy (non-hydrogen) atoms. The summed E-state index contributed by atoms with van der Waals surface area (Å²) in [5.74, 6) is 2.50. The number of aryl methyl sites for hydroxylation is 2. The molecule has 0 saturated heterocycles. The highest BCUT2D eigenvalue weighted by Gasteiger charge is 2.13. The SMILES string of the molecule is CCNC(=NCCc1c(C)nn(C)c1C)NCCc1ccc2c(c1)OCO2. The van der Waals surface area contributed by atoms with Crippen LogP contribution in [0.2, 0.25) is 0 Å². The van der Waals surface area contributed by atoms with Crippen molar-refractivity contribution in [3.8, 4) is 11.5 Å². The maximum atomic E-state index is 5.44. The number of nitrogens with zero attached hydrogens (tertiary/aromatic N) is 3. The van der Waals surface area contributed by atoms with Crippen molar-refractivity contribution >= 4 is 5.96 Å². The summed E-state index contributed by atoms with van der Waals surface area (Å²) in [6.07, 6.45) is 1.78. The number of aromatic nitrogens is 2. The fraction of sp³-hybridized carbons (Fsp3) is 0.500. The zero-order chi connectivity index (χ0) is 19.2. The third kappa shape index (κ3) is 4.72. The van der Waals surface area contributed by atoms with E-state index in [-0.39, 0.29) is 0 Å². The van der Waals surface area contributed by atoms with Crippen molar-refractivity contribution < 1.29 is 9.47 Å². The molecular formula is C20H29N5O2. The second-order valence-electron chi connectivity index (χ2n) is 6.65. The van der Waals surface area contributed by atoms with Crippen molar-refractivity contribution in [1.29, 1.82) is 0 Å². The fourth-order valence-electron chi connectivity index (χ4n) is 3.22. The molecule has 1 aliphatic rings. The third-order valence-electron chi connectivity index (χ3n) is 4.78. The first-order valence-corrected chi connectivity index (χ1v) is 9.48. The Bertz CT molecular complexity index is 813. The lowest BCUT2D eigenvalue weighted by Crippen LogP contribution is -2.38. The molecular weight excluding hydrogens is 342 g/mol. The van der Waals surface area contributed by atoms with Gasteiger partial charge < -0.3 is 20.1 Å². The van der Waals surface area contributed by atoms with E-state index in [1.54, 1.807) is 0 Å². The van der Waals surface area contributed by atoms with Gasteiger partial charge in [0.1, 0.15) is 0 Å². The average molecular weight is 371 g/mol. The highest BCUT2D eigenvalue weighted by atomic mass is 16.7. The van der Waals surface area contributed by atoms with Crippen LogP contribution in [0.3, 0.4) is 0 Å². The molecule has 0 fully saturated rings. The zero-order valence-electron chi connectivity index (χ0n) is 16.6. The largest absolute Gasteiger partial charge is 0.454 e. The molecule has 2 N–H and O–H groups in total. The lowest BCUT2D eigenvalue weighted by Gasteiger charge is -2.11. The maximum Gasteiger partial charge on any atom is 0.231 e. The van der Waals surface area contributed by atoms with E-state index in [0.29, 0.717) is 6.79 Å². The highest BCUT2D eigenvalue weighted by molar-refractivity contribution is 5.79. The van der Waals surface area contributed by atoms with Gasteiger partial charge in [-0.2, -0.15) is 5.10 Å². The molecule has 0 spiro atoms. The van der Waals surface area contributed by atoms with Gasteiger partial charge in [-0.3, -0.25) is 9.67 Å². The summed E-state index contributed by atoms with van der Waals surface area (Å²) in [5.41, 5.74) is 4.80. The Morgan fingerprint density at radius 2 is 2.00 bits per heavy atom. The summed E-state index contributed by atoms with van der Waals surface area (Å²) < 4.78 is 12.7. The number of nitrogens with one attached hydrogen (secondary N) is 2. The van der Waals surface area contributed by atoms with Crippen LogP contribution in [-0.4, -0.2) is 42.2 Å². The number of hydrogen-bond acceptors (Lipinski definition) is 4. The highest BCUT2D eigenvalue weighted by Crippen LogP contribution is 2.32. The van der Waals surface area contributed by atoms with Gasteiger partial charge in [-0.15, -0.1) is 0 Å². The van der Waals surface area contributed by atoms with Gasteiger partial charge in [-0.05, 0) is 56.9 Å². The number of hydrogen-bond donors (Lipinski definition) is 2. The topological polar surface area (TPSA) is 72.7 Å². The van der Waals surface area contributed by atoms with Crippen molar-refractivity contribution in [1.82, 2.24) is 20.4 Å². The first kappa shape index (κ1) is 19.1. The standard InChI is InChI=1S/C20H29N5O2/c1-5-21-20(23-11-9-17-14(2)24-25(4)15(17)3)22-10-8-16-6-7-18-19(12-16)27-13-26-18/h6-7,12H,5,8-11,13H2,1-4H3,(H2,21,22,23). The predicted molar refractivity (Wildman–Crippen MR) is 107 cm³/mol. The van der Waals surface area contributed by atoms with Crippen molar-refractivity contribution in [3.05, 3.63) is 40.7 Å². The van der Waals surface area contributed by atoms with Crippen LogP contribution in [0.25, 0.3) is 0 Å². The number of fused-ring (bicyclic) bond motifs is 1. The van der Waals surface area contributed by atoms with Crippen LogP contribution in [-0.2, 0) is 19.9 Å².